The van der Waals surface area contributed by atoms with Crippen molar-refractivity contribution in [2.45, 2.75) is 41.4 Å². The van der Waals surface area contributed by atoms with Gasteiger partial charge in [0.15, 0.2) is 14.6 Å². The van der Waals surface area contributed by atoms with E-state index in [2.05, 4.69) is 9.88 Å². The van der Waals surface area contributed by atoms with Crippen LogP contribution in [-0.4, -0.2) is 53.3 Å². The van der Waals surface area contributed by atoms with Crippen LogP contribution in [0.2, 0.25) is 0 Å². The molecule has 0 radical (unpaired) electrons. The summed E-state index contributed by atoms with van der Waals surface area (Å²) in [5, 5.41) is 9.36. The van der Waals surface area contributed by atoms with Gasteiger partial charge in [-0.1, -0.05) is 48.5 Å². The molecule has 1 aliphatic carbocycles. The normalized spacial score (nSPS) is 18.4. The highest BCUT2D eigenvalue weighted by Crippen LogP contribution is 2.39. The number of hydrogen-bond donors (Lipinski definition) is 2. The van der Waals surface area contributed by atoms with Crippen molar-refractivity contribution in [2.24, 2.45) is 0 Å². The summed E-state index contributed by atoms with van der Waals surface area (Å²) in [6.07, 6.45) is 4.34. The molecule has 2 heterocycles. The van der Waals surface area contributed by atoms with Crippen molar-refractivity contribution < 1.29 is 18.4 Å². The van der Waals surface area contributed by atoms with Crippen LogP contribution in [0.15, 0.2) is 77.8 Å². The van der Waals surface area contributed by atoms with Gasteiger partial charge in [0.1, 0.15) is 0 Å². The molecule has 0 atom stereocenters. The van der Waals surface area contributed by atoms with Crippen molar-refractivity contribution in [3.63, 3.8) is 0 Å². The first-order chi connectivity index (χ1) is 16.4. The van der Waals surface area contributed by atoms with E-state index in [0.29, 0.717) is 19.1 Å². The largest absolute Gasteiger partial charge is 0.300 e. The summed E-state index contributed by atoms with van der Waals surface area (Å²) in [5.41, 5.74) is 5.20. The van der Waals surface area contributed by atoms with E-state index in [1.54, 1.807) is 23.8 Å². The van der Waals surface area contributed by atoms with E-state index in [1.165, 1.54) is 12.1 Å². The van der Waals surface area contributed by atoms with Crippen molar-refractivity contribution in [1.82, 2.24) is 15.4 Å². The number of rotatable bonds is 6. The van der Waals surface area contributed by atoms with E-state index in [-0.39, 0.29) is 17.7 Å². The standard InChI is InChI=1S/C26H27N3O4S/c30-25(28-31)26(14-16-29(17-15-26)22-9-10-22)34(32,33)23-11-6-20(7-12-23)24-13-8-21(18-27-24)19-4-2-1-3-5-19/h1-8,11-13,18,22,31H,9-10,14-17H2,(H,28,30). The molecule has 8 heteroatoms. The Morgan fingerprint density at radius 1 is 0.912 bits per heavy atom. The van der Waals surface area contributed by atoms with Crippen LogP contribution in [0, 0.1) is 0 Å². The summed E-state index contributed by atoms with van der Waals surface area (Å²) < 4.78 is 25.6. The fraction of sp³-hybridized carbons (Fsp3) is 0.308. The Bertz CT molecular complexity index is 1260. The topological polar surface area (TPSA) is 99.6 Å². The Kier molecular flexibility index (Phi) is 5.97. The van der Waals surface area contributed by atoms with Crippen LogP contribution in [0.5, 0.6) is 0 Å². The lowest BCUT2D eigenvalue weighted by Gasteiger charge is -2.39. The lowest BCUT2D eigenvalue weighted by atomic mass is 9.94. The Labute approximate surface area is 199 Å². The number of likely N-dealkylation sites (tertiary alicyclic amines) is 1. The Morgan fingerprint density at radius 2 is 1.56 bits per heavy atom. The molecule has 5 rings (SSSR count). The van der Waals surface area contributed by atoms with Gasteiger partial charge < -0.3 is 4.90 Å². The molecule has 3 aromatic rings. The second-order valence-corrected chi connectivity index (χ2v) is 11.3. The molecule has 0 unspecified atom stereocenters. The van der Waals surface area contributed by atoms with E-state index in [4.69, 9.17) is 0 Å². The number of pyridine rings is 1. The maximum atomic E-state index is 13.6. The molecule has 1 saturated carbocycles. The van der Waals surface area contributed by atoms with E-state index < -0.39 is 20.5 Å². The molecular formula is C26H27N3O4S. The number of carbonyl (C=O) groups excluding carboxylic acids is 1. The van der Waals surface area contributed by atoms with Gasteiger partial charge in [0.2, 0.25) is 0 Å². The number of hydroxylamine groups is 1. The molecule has 7 nitrogen and oxygen atoms in total. The predicted molar refractivity (Wildman–Crippen MR) is 129 cm³/mol. The molecule has 2 fully saturated rings. The fourth-order valence-corrected chi connectivity index (χ4v) is 6.76. The number of aromatic nitrogens is 1. The molecule has 1 amide bonds. The second kappa shape index (κ2) is 8.94. The van der Waals surface area contributed by atoms with E-state index in [9.17, 15) is 18.4 Å². The maximum Gasteiger partial charge on any atom is 0.265 e. The van der Waals surface area contributed by atoms with Gasteiger partial charge in [-0.25, -0.2) is 13.9 Å². The van der Waals surface area contributed by atoms with Gasteiger partial charge in [0.25, 0.3) is 5.91 Å². The van der Waals surface area contributed by atoms with Gasteiger partial charge in [0.05, 0.1) is 10.6 Å². The zero-order chi connectivity index (χ0) is 23.8. The van der Waals surface area contributed by atoms with Crippen LogP contribution in [0.25, 0.3) is 22.4 Å². The smallest absolute Gasteiger partial charge is 0.265 e. The van der Waals surface area contributed by atoms with Crippen LogP contribution >= 0.6 is 0 Å². The molecule has 2 aromatic carbocycles. The average molecular weight is 478 g/mol. The lowest BCUT2D eigenvalue weighted by Crippen LogP contribution is -2.58. The van der Waals surface area contributed by atoms with Gasteiger partial charge in [-0.15, -0.1) is 0 Å². The molecule has 34 heavy (non-hydrogen) atoms. The van der Waals surface area contributed by atoms with Crippen LogP contribution in [0.4, 0.5) is 0 Å². The molecular weight excluding hydrogens is 450 g/mol. The maximum absolute atomic E-state index is 13.6. The third kappa shape index (κ3) is 4.02. The van der Waals surface area contributed by atoms with Crippen molar-refractivity contribution in [3.8, 4) is 22.4 Å². The summed E-state index contributed by atoms with van der Waals surface area (Å²) >= 11 is 0. The first-order valence-electron chi connectivity index (χ1n) is 11.5. The van der Waals surface area contributed by atoms with Crippen LogP contribution < -0.4 is 5.48 Å². The molecule has 0 spiro atoms. The van der Waals surface area contributed by atoms with Crippen molar-refractivity contribution >= 4 is 15.7 Å². The molecule has 1 aliphatic heterocycles. The van der Waals surface area contributed by atoms with Gasteiger partial charge in [-0.05, 0) is 49.4 Å². The minimum absolute atomic E-state index is 0.0700. The number of nitrogens with one attached hydrogen (secondary N) is 1. The predicted octanol–water partition coefficient (Wildman–Crippen LogP) is 3.69. The van der Waals surface area contributed by atoms with Crippen LogP contribution in [0.1, 0.15) is 25.7 Å². The molecule has 2 N–H and O–H groups in total. The van der Waals surface area contributed by atoms with Gasteiger partial charge in [-0.3, -0.25) is 15.0 Å². The second-order valence-electron chi connectivity index (χ2n) is 9.03. The summed E-state index contributed by atoms with van der Waals surface area (Å²) in [6, 6.07) is 20.8. The first kappa shape index (κ1) is 22.7. The lowest BCUT2D eigenvalue weighted by molar-refractivity contribution is -0.133. The number of sulfone groups is 1. The molecule has 2 aliphatic rings. The highest BCUT2D eigenvalue weighted by atomic mass is 32.2. The summed E-state index contributed by atoms with van der Waals surface area (Å²) in [5.74, 6) is -0.856. The molecule has 1 saturated heterocycles. The zero-order valence-electron chi connectivity index (χ0n) is 18.7. The minimum Gasteiger partial charge on any atom is -0.300 e. The van der Waals surface area contributed by atoms with Gasteiger partial charge in [0, 0.05) is 36.5 Å². The van der Waals surface area contributed by atoms with Crippen molar-refractivity contribution in [1.29, 1.82) is 0 Å². The number of amides is 1. The van der Waals surface area contributed by atoms with E-state index in [0.717, 1.165) is 35.2 Å². The summed E-state index contributed by atoms with van der Waals surface area (Å²) in [6.45, 7) is 1.04. The Morgan fingerprint density at radius 3 is 2.12 bits per heavy atom. The summed E-state index contributed by atoms with van der Waals surface area (Å²) in [7, 11) is -4.02. The number of carbonyl (C=O) groups is 1. The third-order valence-corrected chi connectivity index (χ3v) is 9.54. The van der Waals surface area contributed by atoms with Crippen molar-refractivity contribution in [2.75, 3.05) is 13.1 Å². The first-order valence-corrected chi connectivity index (χ1v) is 13.0. The van der Waals surface area contributed by atoms with E-state index >= 15 is 0 Å². The summed E-state index contributed by atoms with van der Waals surface area (Å²) in [4.78, 5) is 19.5. The highest BCUT2D eigenvalue weighted by Gasteiger charge is 2.53. The monoisotopic (exact) mass is 477 g/mol. The molecule has 0 bridgehead atoms. The highest BCUT2D eigenvalue weighted by molar-refractivity contribution is 7.93. The molecule has 176 valence electrons. The fourth-order valence-electron chi connectivity index (χ4n) is 4.81. The number of nitrogens with zero attached hydrogens (tertiary/aromatic N) is 2. The Balaban J connectivity index is 1.39. The number of hydrogen-bond acceptors (Lipinski definition) is 6. The molecule has 1 aromatic heterocycles. The van der Waals surface area contributed by atoms with E-state index in [1.807, 2.05) is 42.5 Å². The zero-order valence-corrected chi connectivity index (χ0v) is 19.5. The van der Waals surface area contributed by atoms with Gasteiger partial charge in [-0.2, -0.15) is 0 Å². The van der Waals surface area contributed by atoms with Gasteiger partial charge >= 0.3 is 0 Å². The number of benzene rings is 2. The SMILES string of the molecule is O=C(NO)C1(S(=O)(=O)c2ccc(-c3ccc(-c4ccccc4)cn3)cc2)CCN(C2CC2)CC1. The van der Waals surface area contributed by atoms with Crippen LogP contribution in [-0.2, 0) is 14.6 Å². The third-order valence-electron chi connectivity index (χ3n) is 7.03. The van der Waals surface area contributed by atoms with Crippen molar-refractivity contribution in [3.05, 3.63) is 72.9 Å². The average Bonchev–Trinajstić information content (AvgIpc) is 3.74. The minimum atomic E-state index is -4.02. The Hall–Kier alpha value is -3.07. The number of piperidine rings is 1. The quantitative estimate of drug-likeness (QED) is 0.415. The van der Waals surface area contributed by atoms with Crippen LogP contribution in [0.3, 0.4) is 0 Å².